The zero-order valence-corrected chi connectivity index (χ0v) is 12.7. The van der Waals surface area contributed by atoms with E-state index in [9.17, 15) is 13.2 Å². The number of nitrogens with zero attached hydrogens (tertiary/aromatic N) is 3. The first-order valence-corrected chi connectivity index (χ1v) is 7.94. The summed E-state index contributed by atoms with van der Waals surface area (Å²) < 4.78 is 26.5. The average Bonchev–Trinajstić information content (AvgIpc) is 2.36. The summed E-state index contributed by atoms with van der Waals surface area (Å²) in [5, 5.41) is 2.82. The molecule has 112 valence electrons. The van der Waals surface area contributed by atoms with Crippen LogP contribution in [0.3, 0.4) is 0 Å². The van der Waals surface area contributed by atoms with Gasteiger partial charge in [0.05, 0.1) is 6.54 Å². The fourth-order valence-corrected chi connectivity index (χ4v) is 2.96. The molecule has 0 atom stereocenters. The second kappa shape index (κ2) is 7.18. The van der Waals surface area contributed by atoms with Crippen LogP contribution in [-0.4, -0.2) is 81.2 Å². The van der Waals surface area contributed by atoms with Gasteiger partial charge in [0.25, 0.3) is 10.2 Å². The van der Waals surface area contributed by atoms with Crippen molar-refractivity contribution in [1.29, 1.82) is 0 Å². The summed E-state index contributed by atoms with van der Waals surface area (Å²) in [6.07, 6.45) is 0.917. The molecule has 1 amide bonds. The third-order valence-electron chi connectivity index (χ3n) is 3.06. The van der Waals surface area contributed by atoms with E-state index in [4.69, 9.17) is 0 Å². The third kappa shape index (κ3) is 4.72. The Hall–Kier alpha value is -0.700. The molecule has 1 heterocycles. The lowest BCUT2D eigenvalue weighted by atomic mass is 10.3. The Labute approximate surface area is 115 Å². The number of amides is 1. The number of hydrogen-bond acceptors (Lipinski definition) is 4. The van der Waals surface area contributed by atoms with E-state index in [1.807, 2.05) is 11.8 Å². The Morgan fingerprint density at radius 2 is 1.79 bits per heavy atom. The van der Waals surface area contributed by atoms with Gasteiger partial charge in [-0.3, -0.25) is 9.69 Å². The molecule has 1 aliphatic heterocycles. The zero-order chi connectivity index (χ0) is 14.5. The zero-order valence-electron chi connectivity index (χ0n) is 11.9. The van der Waals surface area contributed by atoms with E-state index in [0.29, 0.717) is 39.3 Å². The topological polar surface area (TPSA) is 73.0 Å². The lowest BCUT2D eigenvalue weighted by molar-refractivity contribution is -0.122. The summed E-state index contributed by atoms with van der Waals surface area (Å²) in [5.74, 6) is 0.00534. The maximum atomic E-state index is 11.9. The highest BCUT2D eigenvalue weighted by molar-refractivity contribution is 7.86. The smallest absolute Gasteiger partial charge is 0.281 e. The number of carbonyl (C=O) groups is 1. The molecule has 0 unspecified atom stereocenters. The lowest BCUT2D eigenvalue weighted by Crippen LogP contribution is -2.53. The summed E-state index contributed by atoms with van der Waals surface area (Å²) >= 11 is 0. The van der Waals surface area contributed by atoms with Gasteiger partial charge in [0, 0.05) is 46.8 Å². The van der Waals surface area contributed by atoms with Gasteiger partial charge in [-0.05, 0) is 6.42 Å². The van der Waals surface area contributed by atoms with Crippen LogP contribution in [0.15, 0.2) is 0 Å². The Bertz CT molecular complexity index is 389. The van der Waals surface area contributed by atoms with Crippen LogP contribution >= 0.6 is 0 Å². The van der Waals surface area contributed by atoms with E-state index in [-0.39, 0.29) is 5.91 Å². The van der Waals surface area contributed by atoms with Gasteiger partial charge in [0.2, 0.25) is 5.91 Å². The van der Waals surface area contributed by atoms with Crippen molar-refractivity contribution in [3.05, 3.63) is 0 Å². The molecule has 0 aromatic carbocycles. The second-order valence-electron chi connectivity index (χ2n) is 4.82. The number of nitrogens with one attached hydrogen (secondary N) is 1. The SMILES string of the molecule is CCCNC(=O)CN1CCN(S(=O)(=O)N(C)C)CC1. The van der Waals surface area contributed by atoms with Crippen molar-refractivity contribution in [3.8, 4) is 0 Å². The molecule has 0 spiro atoms. The molecule has 0 aromatic heterocycles. The molecule has 0 aliphatic carbocycles. The van der Waals surface area contributed by atoms with Crippen LogP contribution in [0, 0.1) is 0 Å². The van der Waals surface area contributed by atoms with Gasteiger partial charge in [-0.25, -0.2) is 0 Å². The van der Waals surface area contributed by atoms with Gasteiger partial charge in [0.15, 0.2) is 0 Å². The largest absolute Gasteiger partial charge is 0.355 e. The first kappa shape index (κ1) is 16.4. The summed E-state index contributed by atoms with van der Waals surface area (Å²) in [6, 6.07) is 0. The second-order valence-corrected chi connectivity index (χ2v) is 6.96. The van der Waals surface area contributed by atoms with Crippen LogP contribution in [0.5, 0.6) is 0 Å². The van der Waals surface area contributed by atoms with Gasteiger partial charge in [0.1, 0.15) is 0 Å². The minimum absolute atomic E-state index is 0.00534. The van der Waals surface area contributed by atoms with E-state index >= 15 is 0 Å². The minimum atomic E-state index is -3.33. The molecule has 7 nitrogen and oxygen atoms in total. The molecule has 1 saturated heterocycles. The van der Waals surface area contributed by atoms with Gasteiger partial charge in [-0.2, -0.15) is 17.0 Å². The Kier molecular flexibility index (Phi) is 6.18. The van der Waals surface area contributed by atoms with Gasteiger partial charge >= 0.3 is 0 Å². The number of rotatable bonds is 6. The van der Waals surface area contributed by atoms with Crippen LogP contribution in [-0.2, 0) is 15.0 Å². The van der Waals surface area contributed by atoms with Crippen LogP contribution in [0.2, 0.25) is 0 Å². The van der Waals surface area contributed by atoms with Crippen molar-refractivity contribution in [2.75, 3.05) is 53.4 Å². The van der Waals surface area contributed by atoms with Crippen molar-refractivity contribution < 1.29 is 13.2 Å². The molecule has 0 radical (unpaired) electrons. The summed E-state index contributed by atoms with van der Waals surface area (Å²) in [5.41, 5.74) is 0. The van der Waals surface area contributed by atoms with Crippen LogP contribution in [0.4, 0.5) is 0 Å². The molecule has 1 rings (SSSR count). The van der Waals surface area contributed by atoms with E-state index in [2.05, 4.69) is 5.32 Å². The molecule has 0 saturated carbocycles. The van der Waals surface area contributed by atoms with E-state index in [1.54, 1.807) is 0 Å². The highest BCUT2D eigenvalue weighted by Crippen LogP contribution is 2.09. The first-order valence-electron chi connectivity index (χ1n) is 6.54. The van der Waals surface area contributed by atoms with Crippen molar-refractivity contribution in [2.45, 2.75) is 13.3 Å². The fraction of sp³-hybridized carbons (Fsp3) is 0.909. The summed E-state index contributed by atoms with van der Waals surface area (Å²) in [7, 11) is -0.271. The van der Waals surface area contributed by atoms with Crippen molar-refractivity contribution in [2.24, 2.45) is 0 Å². The number of carbonyl (C=O) groups excluding carboxylic acids is 1. The molecular formula is C11H24N4O3S. The standard InChI is InChI=1S/C11H24N4O3S/c1-4-5-12-11(16)10-14-6-8-15(9-7-14)19(17,18)13(2)3/h4-10H2,1-3H3,(H,12,16). The molecule has 0 bridgehead atoms. The van der Waals surface area contributed by atoms with E-state index in [1.165, 1.54) is 22.7 Å². The molecule has 19 heavy (non-hydrogen) atoms. The normalized spacial score (nSPS) is 18.7. The Morgan fingerprint density at radius 3 is 2.26 bits per heavy atom. The quantitative estimate of drug-likeness (QED) is 0.677. The Morgan fingerprint density at radius 1 is 1.21 bits per heavy atom. The lowest BCUT2D eigenvalue weighted by Gasteiger charge is -2.34. The van der Waals surface area contributed by atoms with Crippen LogP contribution < -0.4 is 5.32 Å². The fourth-order valence-electron chi connectivity index (χ4n) is 1.87. The predicted molar refractivity (Wildman–Crippen MR) is 73.9 cm³/mol. The maximum absolute atomic E-state index is 11.9. The Balaban J connectivity index is 2.39. The average molecular weight is 292 g/mol. The summed E-state index contributed by atoms with van der Waals surface area (Å²) in [4.78, 5) is 13.5. The van der Waals surface area contributed by atoms with Gasteiger partial charge < -0.3 is 5.32 Å². The summed E-state index contributed by atoms with van der Waals surface area (Å²) in [6.45, 7) is 5.08. The maximum Gasteiger partial charge on any atom is 0.281 e. The van der Waals surface area contributed by atoms with Crippen molar-refractivity contribution in [1.82, 2.24) is 18.8 Å². The number of hydrogen-bond donors (Lipinski definition) is 1. The highest BCUT2D eigenvalue weighted by atomic mass is 32.2. The minimum Gasteiger partial charge on any atom is -0.355 e. The third-order valence-corrected chi connectivity index (χ3v) is 5.00. The monoisotopic (exact) mass is 292 g/mol. The number of piperazine rings is 1. The predicted octanol–water partition coefficient (Wildman–Crippen LogP) is -1.06. The highest BCUT2D eigenvalue weighted by Gasteiger charge is 2.28. The van der Waals surface area contributed by atoms with Gasteiger partial charge in [-0.1, -0.05) is 6.92 Å². The van der Waals surface area contributed by atoms with Crippen molar-refractivity contribution >= 4 is 16.1 Å². The van der Waals surface area contributed by atoms with Crippen molar-refractivity contribution in [3.63, 3.8) is 0 Å². The first-order chi connectivity index (χ1) is 8.87. The molecule has 1 fully saturated rings. The van der Waals surface area contributed by atoms with E-state index < -0.39 is 10.2 Å². The molecular weight excluding hydrogens is 268 g/mol. The molecule has 8 heteroatoms. The van der Waals surface area contributed by atoms with Gasteiger partial charge in [-0.15, -0.1) is 0 Å². The molecule has 1 aliphatic rings. The van der Waals surface area contributed by atoms with Crippen LogP contribution in [0.25, 0.3) is 0 Å². The van der Waals surface area contributed by atoms with Crippen LogP contribution in [0.1, 0.15) is 13.3 Å². The molecule has 0 aromatic rings. The van der Waals surface area contributed by atoms with E-state index in [0.717, 1.165) is 6.42 Å². The molecule has 1 N–H and O–H groups in total.